The molecule has 0 aliphatic carbocycles. The Morgan fingerprint density at radius 3 is 2.74 bits per heavy atom. The minimum Gasteiger partial charge on any atom is -0.319 e. The summed E-state index contributed by atoms with van der Waals surface area (Å²) in [4.78, 5) is 17.1. The van der Waals surface area contributed by atoms with Crippen LogP contribution in [0, 0.1) is 20.8 Å². The number of aromatic nitrogens is 5. The number of fused-ring (bicyclic) bond motifs is 1. The van der Waals surface area contributed by atoms with Crippen LogP contribution >= 0.6 is 0 Å². The van der Waals surface area contributed by atoms with Crippen LogP contribution in [0.1, 0.15) is 32.9 Å². The van der Waals surface area contributed by atoms with Gasteiger partial charge in [0, 0.05) is 17.6 Å². The first-order valence-electron chi connectivity index (χ1n) is 8.71. The summed E-state index contributed by atoms with van der Waals surface area (Å²) in [6.45, 7) is 6.56. The lowest BCUT2D eigenvalue weighted by Gasteiger charge is -2.05. The molecule has 27 heavy (non-hydrogen) atoms. The fourth-order valence-corrected chi connectivity index (χ4v) is 3.11. The zero-order valence-corrected chi connectivity index (χ0v) is 15.5. The first-order valence-corrected chi connectivity index (χ1v) is 8.71. The van der Waals surface area contributed by atoms with Crippen LogP contribution in [0.5, 0.6) is 0 Å². The molecule has 1 amide bonds. The third-order valence-corrected chi connectivity index (χ3v) is 4.51. The summed E-state index contributed by atoms with van der Waals surface area (Å²) < 4.78 is 3.48. The number of hydrogen-bond acceptors (Lipinski definition) is 4. The molecule has 3 aromatic heterocycles. The summed E-state index contributed by atoms with van der Waals surface area (Å²) in [5.74, 6) is -0.252. The Morgan fingerprint density at radius 1 is 1.11 bits per heavy atom. The zero-order valence-electron chi connectivity index (χ0n) is 15.5. The van der Waals surface area contributed by atoms with Gasteiger partial charge < -0.3 is 5.32 Å². The van der Waals surface area contributed by atoms with E-state index in [-0.39, 0.29) is 5.91 Å². The van der Waals surface area contributed by atoms with E-state index >= 15 is 0 Å². The second-order valence-corrected chi connectivity index (χ2v) is 6.64. The molecule has 0 atom stereocenters. The second kappa shape index (κ2) is 6.68. The van der Waals surface area contributed by atoms with Gasteiger partial charge in [-0.05, 0) is 38.0 Å². The molecule has 0 bridgehead atoms. The average molecular weight is 360 g/mol. The molecule has 0 unspecified atom stereocenters. The van der Waals surface area contributed by atoms with Crippen molar-refractivity contribution in [2.75, 3.05) is 5.32 Å². The third kappa shape index (κ3) is 3.31. The van der Waals surface area contributed by atoms with Crippen molar-refractivity contribution in [2.24, 2.45) is 0 Å². The number of hydrogen-bond donors (Lipinski definition) is 1. The van der Waals surface area contributed by atoms with Gasteiger partial charge >= 0.3 is 0 Å². The fraction of sp³-hybridized carbons (Fsp3) is 0.200. The van der Waals surface area contributed by atoms with E-state index in [1.165, 1.54) is 11.1 Å². The first kappa shape index (κ1) is 17.0. The van der Waals surface area contributed by atoms with Crippen LogP contribution in [0.25, 0.3) is 5.65 Å². The van der Waals surface area contributed by atoms with Crippen LogP contribution in [0.4, 0.5) is 5.69 Å². The molecule has 136 valence electrons. The largest absolute Gasteiger partial charge is 0.319 e. The van der Waals surface area contributed by atoms with E-state index in [1.54, 1.807) is 21.6 Å². The Hall–Kier alpha value is -3.48. The molecular formula is C20H20N6O. The molecule has 0 saturated carbocycles. The Labute approximate surface area is 156 Å². The van der Waals surface area contributed by atoms with Crippen molar-refractivity contribution in [1.29, 1.82) is 0 Å². The summed E-state index contributed by atoms with van der Waals surface area (Å²) in [5, 5.41) is 11.5. The number of carbonyl (C=O) groups excluding carboxylic acids is 1. The van der Waals surface area contributed by atoms with Gasteiger partial charge in [-0.1, -0.05) is 24.3 Å². The molecule has 0 aliphatic rings. The van der Waals surface area contributed by atoms with Gasteiger partial charge in [0.1, 0.15) is 5.56 Å². The van der Waals surface area contributed by atoms with Gasteiger partial charge in [-0.3, -0.25) is 9.48 Å². The topological polar surface area (TPSA) is 77.1 Å². The summed E-state index contributed by atoms with van der Waals surface area (Å²) in [6, 6.07) is 10.1. The van der Waals surface area contributed by atoms with Gasteiger partial charge in [-0.25, -0.2) is 9.50 Å². The second-order valence-electron chi connectivity index (χ2n) is 6.64. The van der Waals surface area contributed by atoms with Crippen molar-refractivity contribution < 1.29 is 4.79 Å². The first-order chi connectivity index (χ1) is 13.0. The number of nitrogens with one attached hydrogen (secondary N) is 1. The molecule has 0 spiro atoms. The Bertz CT molecular complexity index is 1140. The van der Waals surface area contributed by atoms with Crippen molar-refractivity contribution in [1.82, 2.24) is 24.4 Å². The third-order valence-electron chi connectivity index (χ3n) is 4.51. The summed E-state index contributed by atoms with van der Waals surface area (Å²) in [6.07, 6.45) is 5.01. The van der Waals surface area contributed by atoms with Gasteiger partial charge in [0.15, 0.2) is 5.65 Å². The summed E-state index contributed by atoms with van der Waals surface area (Å²) in [7, 11) is 0. The standard InChI is InChI=1S/C20H20N6O/c1-13-6-4-5-7-16(13)11-25-12-17(9-21-25)24-20(27)18-10-22-26-15(3)8-14(2)23-19(18)26/h4-10,12H,11H2,1-3H3,(H,24,27). The van der Waals surface area contributed by atoms with Crippen LogP contribution in [0.15, 0.2) is 48.9 Å². The molecule has 1 aromatic carbocycles. The minimum absolute atomic E-state index is 0.252. The molecule has 3 heterocycles. The summed E-state index contributed by atoms with van der Waals surface area (Å²) in [5.41, 5.74) is 5.81. The van der Waals surface area contributed by atoms with Gasteiger partial charge in [0.25, 0.3) is 5.91 Å². The van der Waals surface area contributed by atoms with Crippen molar-refractivity contribution >= 4 is 17.2 Å². The SMILES string of the molecule is Cc1cc(C)n2ncc(C(=O)Nc3cnn(Cc4ccccc4C)c3)c2n1. The molecule has 0 radical (unpaired) electrons. The van der Waals surface area contributed by atoms with E-state index < -0.39 is 0 Å². The highest BCUT2D eigenvalue weighted by Gasteiger charge is 2.16. The number of aryl methyl sites for hydroxylation is 3. The highest BCUT2D eigenvalue weighted by molar-refractivity contribution is 6.08. The lowest BCUT2D eigenvalue weighted by molar-refractivity contribution is 0.102. The van der Waals surface area contributed by atoms with Crippen LogP contribution < -0.4 is 5.32 Å². The van der Waals surface area contributed by atoms with Crippen LogP contribution in [-0.4, -0.2) is 30.3 Å². The van der Waals surface area contributed by atoms with Crippen molar-refractivity contribution in [2.45, 2.75) is 27.3 Å². The molecule has 4 aromatic rings. The van der Waals surface area contributed by atoms with Crippen molar-refractivity contribution in [3.8, 4) is 0 Å². The number of carbonyl (C=O) groups is 1. The maximum Gasteiger partial charge on any atom is 0.261 e. The molecule has 1 N–H and O–H groups in total. The highest BCUT2D eigenvalue weighted by Crippen LogP contribution is 2.15. The minimum atomic E-state index is -0.252. The highest BCUT2D eigenvalue weighted by atomic mass is 16.1. The maximum atomic E-state index is 12.7. The van der Waals surface area contributed by atoms with Crippen LogP contribution in [0.2, 0.25) is 0 Å². The number of anilines is 1. The lowest BCUT2D eigenvalue weighted by atomic mass is 10.1. The molecule has 0 saturated heterocycles. The monoisotopic (exact) mass is 360 g/mol. The van der Waals surface area contributed by atoms with E-state index in [0.29, 0.717) is 23.4 Å². The smallest absolute Gasteiger partial charge is 0.261 e. The van der Waals surface area contributed by atoms with Gasteiger partial charge in [-0.15, -0.1) is 0 Å². The Kier molecular flexibility index (Phi) is 4.19. The van der Waals surface area contributed by atoms with Gasteiger partial charge in [0.05, 0.1) is 24.6 Å². The molecule has 4 rings (SSSR count). The average Bonchev–Trinajstić information content (AvgIpc) is 3.24. The van der Waals surface area contributed by atoms with E-state index in [1.807, 2.05) is 38.2 Å². The Morgan fingerprint density at radius 2 is 1.93 bits per heavy atom. The van der Waals surface area contributed by atoms with Crippen molar-refractivity contribution in [3.63, 3.8) is 0 Å². The van der Waals surface area contributed by atoms with Crippen LogP contribution in [0.3, 0.4) is 0 Å². The normalized spacial score (nSPS) is 11.1. The number of amides is 1. The van der Waals surface area contributed by atoms with E-state index in [2.05, 4.69) is 39.6 Å². The quantitative estimate of drug-likeness (QED) is 0.606. The maximum absolute atomic E-state index is 12.7. The summed E-state index contributed by atoms with van der Waals surface area (Å²) >= 11 is 0. The van der Waals surface area contributed by atoms with Gasteiger partial charge in [0.2, 0.25) is 0 Å². The van der Waals surface area contributed by atoms with Crippen LogP contribution in [-0.2, 0) is 6.54 Å². The molecule has 7 nitrogen and oxygen atoms in total. The molecule has 7 heteroatoms. The van der Waals surface area contributed by atoms with Gasteiger partial charge in [-0.2, -0.15) is 10.2 Å². The van der Waals surface area contributed by atoms with E-state index in [9.17, 15) is 4.79 Å². The number of nitrogens with zero attached hydrogens (tertiary/aromatic N) is 5. The number of benzene rings is 1. The lowest BCUT2D eigenvalue weighted by Crippen LogP contribution is -2.12. The molecule has 0 fully saturated rings. The zero-order chi connectivity index (χ0) is 19.0. The predicted octanol–water partition coefficient (Wildman–Crippen LogP) is 3.15. The fourth-order valence-electron chi connectivity index (χ4n) is 3.11. The van der Waals surface area contributed by atoms with Crippen molar-refractivity contribution in [3.05, 3.63) is 77.0 Å². The van der Waals surface area contributed by atoms with E-state index in [4.69, 9.17) is 0 Å². The van der Waals surface area contributed by atoms with E-state index in [0.717, 1.165) is 11.4 Å². The number of rotatable bonds is 4. The molecule has 0 aliphatic heterocycles. The Balaban J connectivity index is 1.54. The molecular weight excluding hydrogens is 340 g/mol. The predicted molar refractivity (Wildman–Crippen MR) is 103 cm³/mol.